The first-order chi connectivity index (χ1) is 14.0. The Labute approximate surface area is 172 Å². The number of nitrogens with zero attached hydrogens (tertiary/aromatic N) is 2. The van der Waals surface area contributed by atoms with Crippen LogP contribution in [0, 0.1) is 0 Å². The lowest BCUT2D eigenvalue weighted by Gasteiger charge is -2.41. The van der Waals surface area contributed by atoms with Crippen molar-refractivity contribution in [1.29, 1.82) is 0 Å². The number of aliphatic imine (C=N–C) groups is 1. The molecule has 3 heterocycles. The Kier molecular flexibility index (Phi) is 3.54. The van der Waals surface area contributed by atoms with Crippen molar-refractivity contribution in [1.82, 2.24) is 4.90 Å². The largest absolute Gasteiger partial charge is 0.456 e. The van der Waals surface area contributed by atoms with Crippen LogP contribution < -0.4 is 0 Å². The second kappa shape index (κ2) is 5.85. The van der Waals surface area contributed by atoms with E-state index in [0.29, 0.717) is 0 Å². The monoisotopic (exact) mass is 388 g/mol. The summed E-state index contributed by atoms with van der Waals surface area (Å²) in [6.07, 6.45) is 3.89. The fourth-order valence-corrected chi connectivity index (χ4v) is 5.91. The smallest absolute Gasteiger partial charge is 0.288 e. The van der Waals surface area contributed by atoms with E-state index in [1.165, 1.54) is 22.3 Å². The van der Waals surface area contributed by atoms with Crippen molar-refractivity contribution in [3.63, 3.8) is 0 Å². The molecule has 4 heteroatoms. The van der Waals surface area contributed by atoms with Crippen molar-refractivity contribution in [3.05, 3.63) is 70.8 Å². The third-order valence-electron chi connectivity index (χ3n) is 7.31. The van der Waals surface area contributed by atoms with Gasteiger partial charge in [0.15, 0.2) is 0 Å². The zero-order valence-corrected chi connectivity index (χ0v) is 17.3. The van der Waals surface area contributed by atoms with Crippen LogP contribution in [0.2, 0.25) is 0 Å². The topological polar surface area (TPSA) is 34.1 Å². The normalized spacial score (nSPS) is 25.0. The molecule has 0 saturated carbocycles. The first-order valence-electron chi connectivity index (χ1n) is 10.8. The molecule has 3 aliphatic heterocycles. The van der Waals surface area contributed by atoms with E-state index in [1.54, 1.807) is 0 Å². The van der Waals surface area contributed by atoms with Crippen LogP contribution >= 0.6 is 0 Å². The quantitative estimate of drug-likeness (QED) is 0.679. The molecule has 2 aromatic carbocycles. The van der Waals surface area contributed by atoms with Crippen molar-refractivity contribution >= 4 is 6.02 Å². The van der Waals surface area contributed by atoms with Gasteiger partial charge in [0.25, 0.3) is 6.02 Å². The Bertz CT molecular complexity index is 976. The number of piperidine rings is 1. The Morgan fingerprint density at radius 2 is 1.48 bits per heavy atom. The molecule has 4 aliphatic rings. The molecule has 1 saturated heterocycles. The van der Waals surface area contributed by atoms with Gasteiger partial charge in [-0.25, -0.2) is 4.99 Å². The highest BCUT2D eigenvalue weighted by Crippen LogP contribution is 2.52. The number of ether oxygens (including phenoxy) is 2. The molecule has 2 spiro atoms. The van der Waals surface area contributed by atoms with E-state index in [2.05, 4.69) is 67.3 Å². The van der Waals surface area contributed by atoms with Crippen LogP contribution in [0.3, 0.4) is 0 Å². The molecule has 6 rings (SSSR count). The lowest BCUT2D eigenvalue weighted by atomic mass is 9.82. The molecule has 2 aromatic rings. The third kappa shape index (κ3) is 2.58. The number of amidine groups is 1. The maximum absolute atomic E-state index is 6.69. The van der Waals surface area contributed by atoms with Gasteiger partial charge in [-0.05, 0) is 48.9 Å². The van der Waals surface area contributed by atoms with Gasteiger partial charge in [0.2, 0.25) is 0 Å². The van der Waals surface area contributed by atoms with Crippen LogP contribution in [0.1, 0.15) is 48.9 Å². The second-order valence-electron chi connectivity index (χ2n) is 9.65. The van der Waals surface area contributed by atoms with Gasteiger partial charge in [-0.2, -0.15) is 0 Å². The molecule has 4 nitrogen and oxygen atoms in total. The predicted molar refractivity (Wildman–Crippen MR) is 113 cm³/mol. The van der Waals surface area contributed by atoms with Crippen LogP contribution in [-0.4, -0.2) is 36.2 Å². The van der Waals surface area contributed by atoms with Crippen molar-refractivity contribution in [2.75, 3.05) is 19.6 Å². The van der Waals surface area contributed by atoms with Gasteiger partial charge in [0, 0.05) is 25.9 Å². The molecule has 0 radical (unpaired) electrons. The lowest BCUT2D eigenvalue weighted by molar-refractivity contribution is -0.146. The van der Waals surface area contributed by atoms with Gasteiger partial charge in [-0.1, -0.05) is 48.5 Å². The van der Waals surface area contributed by atoms with Gasteiger partial charge >= 0.3 is 0 Å². The third-order valence-corrected chi connectivity index (χ3v) is 7.31. The zero-order chi connectivity index (χ0) is 19.7. The molecule has 150 valence electrons. The molecule has 29 heavy (non-hydrogen) atoms. The molecular formula is C25H28N2O2. The van der Waals surface area contributed by atoms with Gasteiger partial charge in [-0.15, -0.1) is 0 Å². The van der Waals surface area contributed by atoms with Gasteiger partial charge in [0.05, 0.1) is 17.7 Å². The van der Waals surface area contributed by atoms with Crippen LogP contribution in [-0.2, 0) is 33.5 Å². The highest BCUT2D eigenvalue weighted by molar-refractivity contribution is 5.76. The number of benzene rings is 2. The van der Waals surface area contributed by atoms with Crippen molar-refractivity contribution in [3.8, 4) is 0 Å². The average molecular weight is 389 g/mol. The minimum atomic E-state index is -0.222. The average Bonchev–Trinajstić information content (AvgIpc) is 3.36. The summed E-state index contributed by atoms with van der Waals surface area (Å²) in [7, 11) is 0. The number of hydrogen-bond donors (Lipinski definition) is 0. The summed E-state index contributed by atoms with van der Waals surface area (Å²) in [6.45, 7) is 7.00. The number of fused-ring (bicyclic) bond motifs is 3. The summed E-state index contributed by atoms with van der Waals surface area (Å²) in [5.41, 5.74) is 5.00. The highest BCUT2D eigenvalue weighted by atomic mass is 16.5. The standard InChI is InChI=1S/C25H28N2O2/c1-23(2)20-9-5-6-10-21(20)25(29-23)11-13-27(14-12-25)22-26-17-24(28-22)15-18-7-3-4-8-19(18)16-24/h3-10H,11-17H2,1-2H3. The Hall–Kier alpha value is -2.33. The summed E-state index contributed by atoms with van der Waals surface area (Å²) < 4.78 is 13.2. The molecule has 1 aliphatic carbocycles. The molecule has 0 aromatic heterocycles. The van der Waals surface area contributed by atoms with Crippen LogP contribution in [0.15, 0.2) is 53.5 Å². The minimum absolute atomic E-state index is 0.160. The van der Waals surface area contributed by atoms with Crippen LogP contribution in [0.5, 0.6) is 0 Å². The first kappa shape index (κ1) is 17.5. The molecule has 0 amide bonds. The Morgan fingerprint density at radius 3 is 2.17 bits per heavy atom. The maximum atomic E-state index is 6.69. The summed E-state index contributed by atoms with van der Waals surface area (Å²) in [6, 6.07) is 18.3. The molecule has 0 N–H and O–H groups in total. The van der Waals surface area contributed by atoms with Gasteiger partial charge in [-0.3, -0.25) is 0 Å². The van der Waals surface area contributed by atoms with Gasteiger partial charge in [0.1, 0.15) is 5.60 Å². The van der Waals surface area contributed by atoms with E-state index in [-0.39, 0.29) is 16.8 Å². The summed E-state index contributed by atoms with van der Waals surface area (Å²) >= 11 is 0. The summed E-state index contributed by atoms with van der Waals surface area (Å²) in [5.74, 6) is 0. The Morgan fingerprint density at radius 1 is 0.862 bits per heavy atom. The second-order valence-corrected chi connectivity index (χ2v) is 9.65. The van der Waals surface area contributed by atoms with Crippen molar-refractivity contribution in [2.45, 2.75) is 56.3 Å². The van der Waals surface area contributed by atoms with Gasteiger partial charge < -0.3 is 14.4 Å². The predicted octanol–water partition coefficient (Wildman–Crippen LogP) is 4.17. The number of hydrogen-bond acceptors (Lipinski definition) is 4. The fraction of sp³-hybridized carbons (Fsp3) is 0.480. The van der Waals surface area contributed by atoms with E-state index in [9.17, 15) is 0 Å². The first-order valence-corrected chi connectivity index (χ1v) is 10.8. The lowest BCUT2D eigenvalue weighted by Crippen LogP contribution is -2.47. The number of likely N-dealkylation sites (tertiary alicyclic amines) is 1. The highest BCUT2D eigenvalue weighted by Gasteiger charge is 2.51. The zero-order valence-electron chi connectivity index (χ0n) is 17.3. The number of rotatable bonds is 0. The minimum Gasteiger partial charge on any atom is -0.456 e. The van der Waals surface area contributed by atoms with E-state index in [4.69, 9.17) is 14.5 Å². The van der Waals surface area contributed by atoms with E-state index in [0.717, 1.165) is 51.3 Å². The van der Waals surface area contributed by atoms with Crippen LogP contribution in [0.4, 0.5) is 0 Å². The Balaban J connectivity index is 1.17. The SMILES string of the molecule is CC1(C)OC2(CCN(C3=NCC4(Cc5ccccc5C4)O3)CC2)c2ccccc21. The molecular weight excluding hydrogens is 360 g/mol. The molecule has 1 fully saturated rings. The molecule has 0 bridgehead atoms. The maximum Gasteiger partial charge on any atom is 0.288 e. The van der Waals surface area contributed by atoms with E-state index < -0.39 is 0 Å². The van der Waals surface area contributed by atoms with E-state index in [1.807, 2.05) is 0 Å². The van der Waals surface area contributed by atoms with E-state index >= 15 is 0 Å². The summed E-state index contributed by atoms with van der Waals surface area (Å²) in [4.78, 5) is 7.18. The van der Waals surface area contributed by atoms with Crippen LogP contribution in [0.25, 0.3) is 0 Å². The molecule has 0 unspecified atom stereocenters. The summed E-state index contributed by atoms with van der Waals surface area (Å²) in [5, 5.41) is 0. The molecule has 0 atom stereocenters. The van der Waals surface area contributed by atoms with Crippen molar-refractivity contribution in [2.24, 2.45) is 4.99 Å². The van der Waals surface area contributed by atoms with Crippen molar-refractivity contribution < 1.29 is 9.47 Å². The fourth-order valence-electron chi connectivity index (χ4n) is 5.91.